The number of carbonyl (C=O) groups excluding carboxylic acids is 1. The maximum atomic E-state index is 11.2. The monoisotopic (exact) mass is 218 g/mol. The van der Waals surface area contributed by atoms with E-state index >= 15 is 0 Å². The predicted molar refractivity (Wildman–Crippen MR) is 59.7 cm³/mol. The van der Waals surface area contributed by atoms with Crippen LogP contribution in [0.4, 0.5) is 0 Å². The first kappa shape index (κ1) is 12.1. The topological polar surface area (TPSA) is 62.1 Å². The van der Waals surface area contributed by atoms with Crippen LogP contribution in [0.1, 0.15) is 6.92 Å². The highest BCUT2D eigenvalue weighted by Crippen LogP contribution is 2.07. The van der Waals surface area contributed by atoms with Gasteiger partial charge in [0.1, 0.15) is 18.3 Å². The molecule has 0 spiro atoms. The highest BCUT2D eigenvalue weighted by atomic mass is 16.5. The van der Waals surface area contributed by atoms with Gasteiger partial charge in [-0.25, -0.2) is 0 Å². The van der Waals surface area contributed by atoms with E-state index in [2.05, 4.69) is 5.32 Å². The first-order valence-corrected chi connectivity index (χ1v) is 5.09. The molecule has 0 aromatic heterocycles. The van der Waals surface area contributed by atoms with Crippen LogP contribution in [-0.2, 0) is 4.79 Å². The third-order valence-electron chi connectivity index (χ3n) is 2.00. The second-order valence-corrected chi connectivity index (χ2v) is 3.30. The van der Waals surface area contributed by atoms with Crippen molar-refractivity contribution in [1.29, 1.82) is 5.26 Å². The van der Waals surface area contributed by atoms with E-state index in [0.717, 1.165) is 5.75 Å². The molecule has 0 bridgehead atoms. The summed E-state index contributed by atoms with van der Waals surface area (Å²) in [4.78, 5) is 11.2. The molecule has 0 heterocycles. The van der Waals surface area contributed by atoms with Crippen LogP contribution in [0.25, 0.3) is 0 Å². The van der Waals surface area contributed by atoms with Crippen LogP contribution in [0, 0.1) is 17.2 Å². The molecule has 1 rings (SSSR count). The zero-order valence-electron chi connectivity index (χ0n) is 9.14. The molecule has 1 unspecified atom stereocenters. The number of ether oxygens (including phenoxy) is 1. The van der Waals surface area contributed by atoms with Gasteiger partial charge in [-0.15, -0.1) is 0 Å². The number of para-hydroxylation sites is 1. The molecule has 84 valence electrons. The van der Waals surface area contributed by atoms with Gasteiger partial charge in [0.05, 0.1) is 12.6 Å². The summed E-state index contributed by atoms with van der Waals surface area (Å²) < 4.78 is 5.37. The van der Waals surface area contributed by atoms with E-state index in [4.69, 9.17) is 10.00 Å². The SMILES string of the molecule is CC(C#N)C(=O)NCCOc1ccccc1. The summed E-state index contributed by atoms with van der Waals surface area (Å²) >= 11 is 0. The lowest BCUT2D eigenvalue weighted by Gasteiger charge is -2.08. The quantitative estimate of drug-likeness (QED) is 0.758. The van der Waals surface area contributed by atoms with Gasteiger partial charge < -0.3 is 10.1 Å². The van der Waals surface area contributed by atoms with Crippen LogP contribution in [-0.4, -0.2) is 19.1 Å². The maximum Gasteiger partial charge on any atom is 0.237 e. The molecule has 0 aliphatic carbocycles. The van der Waals surface area contributed by atoms with Crippen molar-refractivity contribution in [3.8, 4) is 11.8 Å². The Hall–Kier alpha value is -2.02. The van der Waals surface area contributed by atoms with Crippen molar-refractivity contribution in [2.24, 2.45) is 5.92 Å². The lowest BCUT2D eigenvalue weighted by Crippen LogP contribution is -2.31. The van der Waals surface area contributed by atoms with Gasteiger partial charge in [0.15, 0.2) is 0 Å². The van der Waals surface area contributed by atoms with Crippen molar-refractivity contribution >= 4 is 5.91 Å². The van der Waals surface area contributed by atoms with Gasteiger partial charge in [0.25, 0.3) is 0 Å². The fourth-order valence-electron chi connectivity index (χ4n) is 1.07. The summed E-state index contributed by atoms with van der Waals surface area (Å²) in [5.74, 6) is -0.110. The van der Waals surface area contributed by atoms with Crippen molar-refractivity contribution in [2.45, 2.75) is 6.92 Å². The van der Waals surface area contributed by atoms with E-state index in [1.807, 2.05) is 36.4 Å². The van der Waals surface area contributed by atoms with E-state index < -0.39 is 5.92 Å². The average molecular weight is 218 g/mol. The molecule has 0 fully saturated rings. The zero-order chi connectivity index (χ0) is 11.8. The molecule has 1 aromatic carbocycles. The lowest BCUT2D eigenvalue weighted by atomic mass is 10.2. The second-order valence-electron chi connectivity index (χ2n) is 3.30. The van der Waals surface area contributed by atoms with E-state index in [9.17, 15) is 4.79 Å². The summed E-state index contributed by atoms with van der Waals surface area (Å²) in [6.45, 7) is 2.36. The Bertz CT molecular complexity index is 370. The summed E-state index contributed by atoms with van der Waals surface area (Å²) in [5, 5.41) is 11.1. The molecule has 1 atom stereocenters. The standard InChI is InChI=1S/C12H14N2O2/c1-10(9-13)12(15)14-7-8-16-11-5-3-2-4-6-11/h2-6,10H,7-8H2,1H3,(H,14,15). The van der Waals surface area contributed by atoms with Gasteiger partial charge in [0, 0.05) is 0 Å². The van der Waals surface area contributed by atoms with Gasteiger partial charge in [-0.1, -0.05) is 18.2 Å². The number of benzene rings is 1. The first-order valence-electron chi connectivity index (χ1n) is 5.09. The number of nitriles is 1. The molecule has 1 amide bonds. The zero-order valence-corrected chi connectivity index (χ0v) is 9.14. The molecule has 4 nitrogen and oxygen atoms in total. The minimum absolute atomic E-state index is 0.265. The van der Waals surface area contributed by atoms with Crippen LogP contribution in [0.3, 0.4) is 0 Å². The predicted octanol–water partition coefficient (Wildman–Crippen LogP) is 1.34. The number of rotatable bonds is 5. The van der Waals surface area contributed by atoms with Crippen LogP contribution >= 0.6 is 0 Å². The average Bonchev–Trinajstić information content (AvgIpc) is 2.34. The van der Waals surface area contributed by atoms with Crippen LogP contribution in [0.2, 0.25) is 0 Å². The number of hydrogen-bond donors (Lipinski definition) is 1. The van der Waals surface area contributed by atoms with E-state index in [1.165, 1.54) is 0 Å². The fraction of sp³-hybridized carbons (Fsp3) is 0.333. The molecular formula is C12H14N2O2. The third-order valence-corrected chi connectivity index (χ3v) is 2.00. The van der Waals surface area contributed by atoms with Gasteiger partial charge in [0.2, 0.25) is 5.91 Å². The molecule has 0 aliphatic heterocycles. The summed E-state index contributed by atoms with van der Waals surface area (Å²) in [6.07, 6.45) is 0. The Labute approximate surface area is 94.8 Å². The van der Waals surface area contributed by atoms with Gasteiger partial charge in [-0.2, -0.15) is 5.26 Å². The maximum absolute atomic E-state index is 11.2. The minimum atomic E-state index is -0.614. The number of carbonyl (C=O) groups is 1. The fourth-order valence-corrected chi connectivity index (χ4v) is 1.07. The van der Waals surface area contributed by atoms with Gasteiger partial charge in [-0.3, -0.25) is 4.79 Å². The molecular weight excluding hydrogens is 204 g/mol. The second kappa shape index (κ2) is 6.46. The van der Waals surface area contributed by atoms with Gasteiger partial charge in [-0.05, 0) is 19.1 Å². The summed E-state index contributed by atoms with van der Waals surface area (Å²) in [6, 6.07) is 11.2. The minimum Gasteiger partial charge on any atom is -0.492 e. The Morgan fingerprint density at radius 3 is 2.81 bits per heavy atom. The van der Waals surface area contributed by atoms with Crippen molar-refractivity contribution in [1.82, 2.24) is 5.32 Å². The highest BCUT2D eigenvalue weighted by Gasteiger charge is 2.09. The summed E-state index contributed by atoms with van der Waals surface area (Å²) in [7, 11) is 0. The number of hydrogen-bond acceptors (Lipinski definition) is 3. The molecule has 0 saturated carbocycles. The van der Waals surface area contributed by atoms with E-state index in [0.29, 0.717) is 13.2 Å². The van der Waals surface area contributed by atoms with Crippen LogP contribution < -0.4 is 10.1 Å². The first-order chi connectivity index (χ1) is 7.74. The van der Waals surface area contributed by atoms with Crippen LogP contribution in [0.5, 0.6) is 5.75 Å². The molecule has 1 aromatic rings. The molecule has 16 heavy (non-hydrogen) atoms. The molecule has 0 radical (unpaired) electrons. The molecule has 0 saturated heterocycles. The van der Waals surface area contributed by atoms with Crippen molar-refractivity contribution < 1.29 is 9.53 Å². The van der Waals surface area contributed by atoms with Crippen LogP contribution in [0.15, 0.2) is 30.3 Å². The molecule has 4 heteroatoms. The Morgan fingerprint density at radius 2 is 2.19 bits per heavy atom. The number of nitrogens with one attached hydrogen (secondary N) is 1. The summed E-state index contributed by atoms with van der Waals surface area (Å²) in [5.41, 5.74) is 0. The van der Waals surface area contributed by atoms with Crippen molar-refractivity contribution in [3.63, 3.8) is 0 Å². The number of nitrogens with zero attached hydrogens (tertiary/aromatic N) is 1. The third kappa shape index (κ3) is 4.01. The van der Waals surface area contributed by atoms with Gasteiger partial charge >= 0.3 is 0 Å². The smallest absolute Gasteiger partial charge is 0.237 e. The largest absolute Gasteiger partial charge is 0.492 e. The lowest BCUT2D eigenvalue weighted by molar-refractivity contribution is -0.123. The molecule has 1 N–H and O–H groups in total. The number of amides is 1. The Balaban J connectivity index is 2.18. The van der Waals surface area contributed by atoms with Crippen molar-refractivity contribution in [2.75, 3.05) is 13.2 Å². The van der Waals surface area contributed by atoms with Crippen molar-refractivity contribution in [3.05, 3.63) is 30.3 Å². The van der Waals surface area contributed by atoms with E-state index in [-0.39, 0.29) is 5.91 Å². The normalized spacial score (nSPS) is 11.2. The van der Waals surface area contributed by atoms with E-state index in [1.54, 1.807) is 6.92 Å². The Kier molecular flexibility index (Phi) is 4.87. The highest BCUT2D eigenvalue weighted by molar-refractivity contribution is 5.80. The Morgan fingerprint density at radius 1 is 1.50 bits per heavy atom. The molecule has 0 aliphatic rings.